The van der Waals surface area contributed by atoms with E-state index in [1.807, 2.05) is 18.2 Å². The van der Waals surface area contributed by atoms with Crippen molar-refractivity contribution in [2.75, 3.05) is 0 Å². The minimum atomic E-state index is -3.05. The number of sulfone groups is 1. The van der Waals surface area contributed by atoms with Gasteiger partial charge in [0.25, 0.3) is 0 Å². The zero-order valence-electron chi connectivity index (χ0n) is 8.96. The molecule has 0 spiro atoms. The molecular weight excluding hydrogens is 220 g/mol. The van der Waals surface area contributed by atoms with E-state index in [9.17, 15) is 8.42 Å². The van der Waals surface area contributed by atoms with Crippen molar-refractivity contribution in [3.63, 3.8) is 0 Å². The third kappa shape index (κ3) is 0.775. The van der Waals surface area contributed by atoms with Gasteiger partial charge in [0.05, 0.1) is 9.64 Å². The van der Waals surface area contributed by atoms with Crippen LogP contribution in [0, 0.1) is 17.8 Å². The molecule has 84 valence electrons. The largest absolute Gasteiger partial charge is 0.223 e. The number of rotatable bonds is 2. The lowest BCUT2D eigenvalue weighted by Crippen LogP contribution is -2.28. The van der Waals surface area contributed by atoms with Crippen molar-refractivity contribution >= 4 is 9.84 Å². The fourth-order valence-electron chi connectivity index (χ4n) is 4.16. The van der Waals surface area contributed by atoms with Crippen molar-refractivity contribution in [1.29, 1.82) is 0 Å². The fraction of sp³-hybridized carbons (Fsp3) is 0.538. The van der Waals surface area contributed by atoms with Gasteiger partial charge in [-0.25, -0.2) is 8.42 Å². The third-order valence-corrected chi connectivity index (χ3v) is 7.58. The normalized spacial score (nSPS) is 43.6. The van der Waals surface area contributed by atoms with Gasteiger partial charge in [0.15, 0.2) is 9.84 Å². The summed E-state index contributed by atoms with van der Waals surface area (Å²) in [5, 5.41) is 0. The Hall–Kier alpha value is -0.830. The van der Waals surface area contributed by atoms with Crippen LogP contribution >= 0.6 is 0 Å². The predicted molar refractivity (Wildman–Crippen MR) is 60.7 cm³/mol. The van der Waals surface area contributed by atoms with Gasteiger partial charge in [-0.3, -0.25) is 0 Å². The van der Waals surface area contributed by atoms with Crippen LogP contribution in [0.3, 0.4) is 0 Å². The fourth-order valence-corrected chi connectivity index (χ4v) is 6.96. The van der Waals surface area contributed by atoms with Crippen LogP contribution in [0.25, 0.3) is 0 Å². The average Bonchev–Trinajstić information content (AvgIpc) is 3.20. The second kappa shape index (κ2) is 2.53. The van der Waals surface area contributed by atoms with Gasteiger partial charge in [0.2, 0.25) is 0 Å². The van der Waals surface area contributed by atoms with Crippen molar-refractivity contribution in [2.24, 2.45) is 17.8 Å². The van der Waals surface area contributed by atoms with E-state index in [0.717, 1.165) is 12.8 Å². The van der Waals surface area contributed by atoms with Crippen LogP contribution < -0.4 is 0 Å². The summed E-state index contributed by atoms with van der Waals surface area (Å²) in [4.78, 5) is 0.534. The summed E-state index contributed by atoms with van der Waals surface area (Å²) in [7, 11) is -3.05. The Balaban J connectivity index is 1.80. The molecule has 4 rings (SSSR count). The Bertz CT molecular complexity index is 525. The molecule has 0 radical (unpaired) electrons. The summed E-state index contributed by atoms with van der Waals surface area (Å²) in [5.74, 6) is 1.51. The first-order chi connectivity index (χ1) is 7.70. The molecule has 3 fully saturated rings. The minimum absolute atomic E-state index is 0.299. The van der Waals surface area contributed by atoms with E-state index in [4.69, 9.17) is 0 Å². The van der Waals surface area contributed by atoms with E-state index in [-0.39, 0.29) is 4.75 Å². The first-order valence-corrected chi connectivity index (χ1v) is 7.48. The summed E-state index contributed by atoms with van der Waals surface area (Å²) >= 11 is 0. The van der Waals surface area contributed by atoms with Crippen molar-refractivity contribution < 1.29 is 8.42 Å². The van der Waals surface area contributed by atoms with Crippen LogP contribution in [-0.2, 0) is 9.84 Å². The molecule has 0 aromatic heterocycles. The second-order valence-corrected chi connectivity index (χ2v) is 7.53. The minimum Gasteiger partial charge on any atom is -0.223 e. The van der Waals surface area contributed by atoms with Crippen molar-refractivity contribution in [3.8, 4) is 0 Å². The average molecular weight is 234 g/mol. The Labute approximate surface area is 95.6 Å². The number of fused-ring (bicyclic) bond motifs is 2. The number of hydrogen-bond donors (Lipinski definition) is 0. The zero-order chi connectivity index (χ0) is 11.0. The molecule has 1 aromatic carbocycles. The third-order valence-electron chi connectivity index (χ3n) is 4.88. The van der Waals surface area contributed by atoms with Gasteiger partial charge >= 0.3 is 0 Å². The lowest BCUT2D eigenvalue weighted by molar-refractivity contribution is 0.343. The van der Waals surface area contributed by atoms with Gasteiger partial charge in [0, 0.05) is 0 Å². The number of hydrogen-bond acceptors (Lipinski definition) is 2. The Morgan fingerprint density at radius 2 is 1.69 bits per heavy atom. The zero-order valence-corrected chi connectivity index (χ0v) is 9.78. The van der Waals surface area contributed by atoms with Crippen molar-refractivity contribution in [3.05, 3.63) is 30.3 Å². The maximum atomic E-state index is 12.6. The smallest absolute Gasteiger partial charge is 0.184 e. The SMILES string of the molecule is O=S(=O)(c1ccccc1)C12C3[C@@H]1CCC[C@@H]32. The highest BCUT2D eigenvalue weighted by atomic mass is 32.2. The molecule has 16 heavy (non-hydrogen) atoms. The summed E-state index contributed by atoms with van der Waals surface area (Å²) < 4.78 is 24.8. The molecule has 1 aromatic rings. The first kappa shape index (κ1) is 9.23. The molecule has 0 unspecified atom stereocenters. The van der Waals surface area contributed by atoms with E-state index in [1.165, 1.54) is 6.42 Å². The van der Waals surface area contributed by atoms with Crippen LogP contribution in [0.2, 0.25) is 0 Å². The molecule has 0 saturated heterocycles. The van der Waals surface area contributed by atoms with E-state index in [1.54, 1.807) is 12.1 Å². The standard InChI is InChI=1S/C13H14O2S/c14-16(15,9-5-2-1-3-6-9)13-10-7-4-8-11(13)12(10)13/h1-3,5-6,10-12H,4,7-8H2/t10-,11-,12?,13?/m0/s1. The summed E-state index contributed by atoms with van der Waals surface area (Å²) in [6.07, 6.45) is 3.50. The number of benzene rings is 1. The molecule has 3 aliphatic carbocycles. The highest BCUT2D eigenvalue weighted by molar-refractivity contribution is 7.93. The van der Waals surface area contributed by atoms with E-state index in [0.29, 0.717) is 22.6 Å². The lowest BCUT2D eigenvalue weighted by Gasteiger charge is -2.24. The molecule has 0 amide bonds. The second-order valence-electron chi connectivity index (χ2n) is 5.34. The maximum Gasteiger partial charge on any atom is 0.184 e. The molecule has 0 N–H and O–H groups in total. The first-order valence-electron chi connectivity index (χ1n) is 6.00. The summed E-state index contributed by atoms with van der Waals surface area (Å²) in [6.45, 7) is 0. The predicted octanol–water partition coefficient (Wildman–Crippen LogP) is 2.26. The summed E-state index contributed by atoms with van der Waals surface area (Å²) in [5.41, 5.74) is 0. The quantitative estimate of drug-likeness (QED) is 0.786. The van der Waals surface area contributed by atoms with Crippen LogP contribution in [-0.4, -0.2) is 13.2 Å². The molecule has 0 bridgehead atoms. The van der Waals surface area contributed by atoms with E-state index >= 15 is 0 Å². The monoisotopic (exact) mass is 234 g/mol. The van der Waals surface area contributed by atoms with Crippen LogP contribution in [0.4, 0.5) is 0 Å². The van der Waals surface area contributed by atoms with Gasteiger partial charge < -0.3 is 0 Å². The highest BCUT2D eigenvalue weighted by Crippen LogP contribution is 2.86. The van der Waals surface area contributed by atoms with E-state index < -0.39 is 9.84 Å². The Kier molecular flexibility index (Phi) is 1.46. The topological polar surface area (TPSA) is 34.1 Å². The van der Waals surface area contributed by atoms with Gasteiger partial charge in [-0.15, -0.1) is 0 Å². The molecular formula is C13H14O2S. The Morgan fingerprint density at radius 1 is 1.06 bits per heavy atom. The van der Waals surface area contributed by atoms with Gasteiger partial charge in [-0.1, -0.05) is 24.6 Å². The summed E-state index contributed by atoms with van der Waals surface area (Å²) in [6, 6.07) is 8.99. The molecule has 2 atom stereocenters. The van der Waals surface area contributed by atoms with Gasteiger partial charge in [-0.2, -0.15) is 0 Å². The van der Waals surface area contributed by atoms with Crippen LogP contribution in [0.1, 0.15) is 19.3 Å². The van der Waals surface area contributed by atoms with Crippen LogP contribution in [0.5, 0.6) is 0 Å². The molecule has 3 heteroatoms. The van der Waals surface area contributed by atoms with E-state index in [2.05, 4.69) is 0 Å². The molecule has 2 nitrogen and oxygen atoms in total. The van der Waals surface area contributed by atoms with Gasteiger partial charge in [-0.05, 0) is 42.7 Å². The molecule has 3 saturated carbocycles. The highest BCUT2D eigenvalue weighted by Gasteiger charge is 2.92. The molecule has 0 heterocycles. The lowest BCUT2D eigenvalue weighted by atomic mass is 9.88. The van der Waals surface area contributed by atoms with Gasteiger partial charge in [0.1, 0.15) is 0 Å². The maximum absolute atomic E-state index is 12.6. The molecule has 0 aliphatic heterocycles. The molecule has 3 aliphatic rings. The van der Waals surface area contributed by atoms with Crippen molar-refractivity contribution in [2.45, 2.75) is 28.9 Å². The van der Waals surface area contributed by atoms with Crippen molar-refractivity contribution in [1.82, 2.24) is 0 Å². The van der Waals surface area contributed by atoms with Crippen LogP contribution in [0.15, 0.2) is 35.2 Å². The Morgan fingerprint density at radius 3 is 2.25 bits per heavy atom.